The lowest BCUT2D eigenvalue weighted by Gasteiger charge is -2.00. The minimum Gasteiger partial charge on any atom is -0.464 e. The van der Waals surface area contributed by atoms with Gasteiger partial charge in [0.25, 0.3) is 0 Å². The summed E-state index contributed by atoms with van der Waals surface area (Å²) >= 11 is 3.88. The third-order valence-electron chi connectivity index (χ3n) is 2.18. The van der Waals surface area contributed by atoms with Crippen molar-refractivity contribution >= 4 is 29.5 Å². The van der Waals surface area contributed by atoms with Crippen LogP contribution < -0.4 is 5.32 Å². The molecule has 1 heterocycles. The lowest BCUT2D eigenvalue weighted by atomic mass is 10.2. The van der Waals surface area contributed by atoms with Crippen LogP contribution in [0.5, 0.6) is 0 Å². The molecule has 78 valence electrons. The van der Waals surface area contributed by atoms with Gasteiger partial charge in [-0.15, -0.1) is 0 Å². The molecule has 0 radical (unpaired) electrons. The highest BCUT2D eigenvalue weighted by Gasteiger charge is 2.05. The van der Waals surface area contributed by atoms with E-state index in [1.54, 1.807) is 6.26 Å². The number of benzene rings is 1. The number of para-hydroxylation sites is 1. The molecule has 1 aromatic heterocycles. The Morgan fingerprint density at radius 2 is 2.20 bits per heavy atom. The molecular formula is C11H11NO2S. The summed E-state index contributed by atoms with van der Waals surface area (Å²) in [6, 6.07) is 7.74. The van der Waals surface area contributed by atoms with Crippen LogP contribution in [0.25, 0.3) is 11.0 Å². The van der Waals surface area contributed by atoms with Crippen molar-refractivity contribution in [2.24, 2.45) is 0 Å². The average molecular weight is 221 g/mol. The van der Waals surface area contributed by atoms with E-state index >= 15 is 0 Å². The van der Waals surface area contributed by atoms with Crippen LogP contribution in [-0.4, -0.2) is 11.7 Å². The topological polar surface area (TPSA) is 42.2 Å². The smallest absolute Gasteiger partial charge is 0.229 e. The summed E-state index contributed by atoms with van der Waals surface area (Å²) < 4.78 is 5.34. The van der Waals surface area contributed by atoms with Gasteiger partial charge in [0.2, 0.25) is 5.91 Å². The Morgan fingerprint density at radius 3 is 3.00 bits per heavy atom. The summed E-state index contributed by atoms with van der Waals surface area (Å²) in [7, 11) is 0. The van der Waals surface area contributed by atoms with Crippen molar-refractivity contribution in [3.8, 4) is 0 Å². The monoisotopic (exact) mass is 221 g/mol. The number of rotatable bonds is 3. The number of hydrogen-bond acceptors (Lipinski definition) is 3. The molecule has 0 bridgehead atoms. The normalized spacial score (nSPS) is 10.5. The molecule has 1 amide bonds. The minimum atomic E-state index is -0.0800. The maximum absolute atomic E-state index is 11.0. The second-order valence-corrected chi connectivity index (χ2v) is 3.51. The van der Waals surface area contributed by atoms with Gasteiger partial charge in [0.15, 0.2) is 0 Å². The number of amides is 1. The maximum atomic E-state index is 11.0. The van der Waals surface area contributed by atoms with E-state index in [0.717, 1.165) is 16.5 Å². The van der Waals surface area contributed by atoms with Gasteiger partial charge in [-0.2, -0.15) is 12.6 Å². The fourth-order valence-electron chi connectivity index (χ4n) is 1.42. The van der Waals surface area contributed by atoms with Crippen molar-refractivity contribution in [3.63, 3.8) is 0 Å². The summed E-state index contributed by atoms with van der Waals surface area (Å²) in [4.78, 5) is 11.0. The molecule has 1 N–H and O–H groups in total. The summed E-state index contributed by atoms with van der Waals surface area (Å²) in [5, 5.41) is 3.79. The fraction of sp³-hybridized carbons (Fsp3) is 0.182. The maximum Gasteiger partial charge on any atom is 0.229 e. The minimum absolute atomic E-state index is 0.0800. The first-order chi connectivity index (χ1) is 7.31. The molecule has 15 heavy (non-hydrogen) atoms. The summed E-state index contributed by atoms with van der Waals surface area (Å²) in [6.45, 7) is 0.483. The first-order valence-electron chi connectivity index (χ1n) is 4.64. The summed E-state index contributed by atoms with van der Waals surface area (Å²) in [5.41, 5.74) is 1.83. The van der Waals surface area contributed by atoms with Gasteiger partial charge in [-0.1, -0.05) is 18.2 Å². The van der Waals surface area contributed by atoms with E-state index in [1.807, 2.05) is 24.3 Å². The molecule has 0 fully saturated rings. The third kappa shape index (κ3) is 2.15. The molecule has 4 heteroatoms. The van der Waals surface area contributed by atoms with E-state index in [4.69, 9.17) is 4.42 Å². The second-order valence-electron chi connectivity index (χ2n) is 3.19. The van der Waals surface area contributed by atoms with Crippen LogP contribution in [0.15, 0.2) is 34.9 Å². The fourth-order valence-corrected chi connectivity index (χ4v) is 1.53. The number of hydrogen-bond donors (Lipinski definition) is 2. The van der Waals surface area contributed by atoms with Crippen molar-refractivity contribution < 1.29 is 9.21 Å². The van der Waals surface area contributed by atoms with Crippen LogP contribution in [0.4, 0.5) is 0 Å². The summed E-state index contributed by atoms with van der Waals surface area (Å²) in [5.74, 6) is 0.124. The number of carbonyl (C=O) groups is 1. The van der Waals surface area contributed by atoms with Gasteiger partial charge < -0.3 is 9.73 Å². The molecule has 0 aliphatic heterocycles. The predicted molar refractivity (Wildman–Crippen MR) is 61.9 cm³/mol. The molecule has 0 aliphatic carbocycles. The lowest BCUT2D eigenvalue weighted by Crippen LogP contribution is -2.23. The molecule has 0 saturated carbocycles. The van der Waals surface area contributed by atoms with Crippen LogP contribution in [0.2, 0.25) is 0 Å². The molecule has 2 rings (SSSR count). The molecular weight excluding hydrogens is 210 g/mol. The van der Waals surface area contributed by atoms with E-state index in [2.05, 4.69) is 17.9 Å². The first-order valence-corrected chi connectivity index (χ1v) is 5.27. The van der Waals surface area contributed by atoms with Gasteiger partial charge in [-0.25, -0.2) is 0 Å². The van der Waals surface area contributed by atoms with Gasteiger partial charge in [0, 0.05) is 17.5 Å². The quantitative estimate of drug-likeness (QED) is 0.778. The Hall–Kier alpha value is -1.42. The Morgan fingerprint density at radius 1 is 1.40 bits per heavy atom. The van der Waals surface area contributed by atoms with E-state index in [0.29, 0.717) is 6.54 Å². The molecule has 3 nitrogen and oxygen atoms in total. The molecule has 0 spiro atoms. The van der Waals surface area contributed by atoms with Crippen LogP contribution in [0.3, 0.4) is 0 Å². The number of thiol groups is 1. The van der Waals surface area contributed by atoms with Crippen molar-refractivity contribution in [1.82, 2.24) is 5.32 Å². The standard InChI is InChI=1S/C11H11NO2S/c13-11(7-15)12-5-8-6-14-10-4-2-1-3-9(8)10/h1-4,6,15H,5,7H2,(H,12,13). The lowest BCUT2D eigenvalue weighted by molar-refractivity contribution is -0.118. The zero-order valence-electron chi connectivity index (χ0n) is 8.06. The highest BCUT2D eigenvalue weighted by molar-refractivity contribution is 7.81. The molecule has 0 atom stereocenters. The first kappa shape index (κ1) is 10.1. The zero-order chi connectivity index (χ0) is 10.7. The van der Waals surface area contributed by atoms with Crippen molar-refractivity contribution in [2.75, 3.05) is 5.75 Å². The van der Waals surface area contributed by atoms with Crippen LogP contribution in [0, 0.1) is 0 Å². The van der Waals surface area contributed by atoms with Gasteiger partial charge in [-0.3, -0.25) is 4.79 Å². The zero-order valence-corrected chi connectivity index (χ0v) is 8.96. The predicted octanol–water partition coefficient (Wildman–Crippen LogP) is 1.98. The highest BCUT2D eigenvalue weighted by Crippen LogP contribution is 2.20. The molecule has 0 unspecified atom stereocenters. The van der Waals surface area contributed by atoms with Crippen LogP contribution in [0.1, 0.15) is 5.56 Å². The largest absolute Gasteiger partial charge is 0.464 e. The van der Waals surface area contributed by atoms with Gasteiger partial charge in [0.1, 0.15) is 5.58 Å². The average Bonchev–Trinajstić information content (AvgIpc) is 2.69. The van der Waals surface area contributed by atoms with Crippen LogP contribution >= 0.6 is 12.6 Å². The number of fused-ring (bicyclic) bond motifs is 1. The van der Waals surface area contributed by atoms with E-state index in [-0.39, 0.29) is 11.7 Å². The SMILES string of the molecule is O=C(CS)NCc1coc2ccccc12. The second kappa shape index (κ2) is 4.40. The van der Waals surface area contributed by atoms with Crippen molar-refractivity contribution in [2.45, 2.75) is 6.54 Å². The van der Waals surface area contributed by atoms with Gasteiger partial charge >= 0.3 is 0 Å². The van der Waals surface area contributed by atoms with Crippen LogP contribution in [-0.2, 0) is 11.3 Å². The number of nitrogens with one attached hydrogen (secondary N) is 1. The van der Waals surface area contributed by atoms with Crippen molar-refractivity contribution in [1.29, 1.82) is 0 Å². The van der Waals surface area contributed by atoms with E-state index < -0.39 is 0 Å². The number of furan rings is 1. The molecule has 0 saturated heterocycles. The number of carbonyl (C=O) groups excluding carboxylic acids is 1. The molecule has 2 aromatic rings. The third-order valence-corrected chi connectivity index (χ3v) is 2.47. The Balaban J connectivity index is 2.18. The van der Waals surface area contributed by atoms with Gasteiger partial charge in [0.05, 0.1) is 12.0 Å². The van der Waals surface area contributed by atoms with Crippen molar-refractivity contribution in [3.05, 3.63) is 36.1 Å². The molecule has 0 aliphatic rings. The Labute approximate surface area is 92.9 Å². The Kier molecular flexibility index (Phi) is 2.97. The van der Waals surface area contributed by atoms with E-state index in [1.165, 1.54) is 0 Å². The molecule has 1 aromatic carbocycles. The van der Waals surface area contributed by atoms with Gasteiger partial charge in [-0.05, 0) is 6.07 Å². The highest BCUT2D eigenvalue weighted by atomic mass is 32.1. The summed E-state index contributed by atoms with van der Waals surface area (Å²) in [6.07, 6.45) is 1.67. The van der Waals surface area contributed by atoms with E-state index in [9.17, 15) is 4.79 Å². The Bertz CT molecular complexity index is 478.